The van der Waals surface area contributed by atoms with Crippen molar-refractivity contribution in [1.82, 2.24) is 20.5 Å². The van der Waals surface area contributed by atoms with Gasteiger partial charge in [0.25, 0.3) is 0 Å². The third-order valence-electron chi connectivity index (χ3n) is 3.58. The number of hydrogen-bond donors (Lipinski definition) is 4. The number of rotatable bonds is 6. The van der Waals surface area contributed by atoms with E-state index < -0.39 is 0 Å². The van der Waals surface area contributed by atoms with Gasteiger partial charge in [0, 0.05) is 42.3 Å². The molecule has 0 unspecified atom stereocenters. The average molecular weight is 338 g/mol. The fourth-order valence-electron chi connectivity index (χ4n) is 2.39. The van der Waals surface area contributed by atoms with Crippen molar-refractivity contribution in [3.05, 3.63) is 49.1 Å². The van der Waals surface area contributed by atoms with Gasteiger partial charge < -0.3 is 16.0 Å². The van der Waals surface area contributed by atoms with Crippen molar-refractivity contribution in [3.8, 4) is 0 Å². The Morgan fingerprint density at radius 3 is 2.88 bits per heavy atom. The molecule has 128 valence electrons. The maximum atomic E-state index is 12.0. The molecule has 3 rings (SSSR count). The number of fused-ring (bicyclic) bond motifs is 1. The standard InChI is InChI=1S/C17H18N6O2/c24-16(22-13-10-20-21-11-13)5-2-7-19-17(25)23-15-4-1-3-12-9-18-8-6-14(12)15/h1,3-4,6,8-11H,2,5,7H2,(H,20,21)(H,22,24)(H2,19,23,25). The van der Waals surface area contributed by atoms with E-state index in [2.05, 4.69) is 31.1 Å². The zero-order valence-electron chi connectivity index (χ0n) is 13.5. The van der Waals surface area contributed by atoms with Crippen LogP contribution in [0.4, 0.5) is 16.2 Å². The molecule has 2 heterocycles. The van der Waals surface area contributed by atoms with E-state index >= 15 is 0 Å². The Balaban J connectivity index is 1.43. The Morgan fingerprint density at radius 2 is 2.04 bits per heavy atom. The van der Waals surface area contributed by atoms with Crippen LogP contribution in [0, 0.1) is 0 Å². The Morgan fingerprint density at radius 1 is 1.12 bits per heavy atom. The number of pyridine rings is 1. The molecule has 0 saturated carbocycles. The molecule has 2 aromatic heterocycles. The number of H-pyrrole nitrogens is 1. The Labute approximate surface area is 144 Å². The molecule has 0 fully saturated rings. The Bertz CT molecular complexity index is 857. The number of amides is 3. The average Bonchev–Trinajstić information content (AvgIpc) is 3.12. The largest absolute Gasteiger partial charge is 0.338 e. The molecule has 0 aliphatic carbocycles. The van der Waals surface area contributed by atoms with Crippen LogP contribution >= 0.6 is 0 Å². The van der Waals surface area contributed by atoms with Crippen molar-refractivity contribution in [3.63, 3.8) is 0 Å². The molecule has 0 saturated heterocycles. The summed E-state index contributed by atoms with van der Waals surface area (Å²) in [4.78, 5) is 27.8. The van der Waals surface area contributed by atoms with Crippen molar-refractivity contribution < 1.29 is 9.59 Å². The van der Waals surface area contributed by atoms with E-state index in [1.54, 1.807) is 18.6 Å². The predicted molar refractivity (Wildman–Crippen MR) is 95.2 cm³/mol. The fourth-order valence-corrected chi connectivity index (χ4v) is 2.39. The molecule has 3 amide bonds. The van der Waals surface area contributed by atoms with Crippen LogP contribution < -0.4 is 16.0 Å². The first-order chi connectivity index (χ1) is 12.2. The van der Waals surface area contributed by atoms with Gasteiger partial charge in [-0.05, 0) is 18.6 Å². The highest BCUT2D eigenvalue weighted by atomic mass is 16.2. The molecular formula is C17H18N6O2. The van der Waals surface area contributed by atoms with E-state index in [0.717, 1.165) is 16.5 Å². The normalized spacial score (nSPS) is 10.4. The zero-order valence-corrected chi connectivity index (χ0v) is 13.5. The van der Waals surface area contributed by atoms with E-state index in [0.29, 0.717) is 25.1 Å². The van der Waals surface area contributed by atoms with Gasteiger partial charge >= 0.3 is 6.03 Å². The van der Waals surface area contributed by atoms with Crippen LogP contribution in [0.5, 0.6) is 0 Å². The molecule has 1 aromatic carbocycles. The number of aromatic nitrogens is 3. The molecule has 0 bridgehead atoms. The number of benzene rings is 1. The van der Waals surface area contributed by atoms with Crippen LogP contribution in [-0.2, 0) is 4.79 Å². The molecule has 8 nitrogen and oxygen atoms in total. The minimum absolute atomic E-state index is 0.120. The van der Waals surface area contributed by atoms with Gasteiger partial charge in [-0.1, -0.05) is 12.1 Å². The SMILES string of the molecule is O=C(CCCNC(=O)Nc1cccc2cnccc12)Nc1cn[nH]c1. The van der Waals surface area contributed by atoms with Crippen LogP contribution in [-0.4, -0.2) is 33.7 Å². The molecule has 0 aliphatic heterocycles. The summed E-state index contributed by atoms with van der Waals surface area (Å²) >= 11 is 0. The van der Waals surface area contributed by atoms with Crippen molar-refractivity contribution in [1.29, 1.82) is 0 Å². The van der Waals surface area contributed by atoms with E-state index in [9.17, 15) is 9.59 Å². The molecule has 3 aromatic rings. The lowest BCUT2D eigenvalue weighted by atomic mass is 10.1. The van der Waals surface area contributed by atoms with E-state index in [-0.39, 0.29) is 11.9 Å². The van der Waals surface area contributed by atoms with Crippen LogP contribution in [0.2, 0.25) is 0 Å². The third kappa shape index (κ3) is 4.54. The van der Waals surface area contributed by atoms with Gasteiger partial charge in [-0.15, -0.1) is 0 Å². The number of aromatic amines is 1. The van der Waals surface area contributed by atoms with E-state index in [1.165, 1.54) is 6.20 Å². The quantitative estimate of drug-likeness (QED) is 0.517. The molecule has 0 aliphatic rings. The van der Waals surface area contributed by atoms with Gasteiger partial charge in [0.15, 0.2) is 0 Å². The number of urea groups is 1. The summed E-state index contributed by atoms with van der Waals surface area (Å²) in [6.45, 7) is 0.400. The van der Waals surface area contributed by atoms with Crippen LogP contribution in [0.15, 0.2) is 49.1 Å². The molecule has 8 heteroatoms. The number of nitrogens with zero attached hydrogens (tertiary/aromatic N) is 2. The second-order valence-corrected chi connectivity index (χ2v) is 5.42. The minimum atomic E-state index is -0.306. The van der Waals surface area contributed by atoms with Crippen molar-refractivity contribution in [2.75, 3.05) is 17.2 Å². The first-order valence-electron chi connectivity index (χ1n) is 7.88. The van der Waals surface area contributed by atoms with Crippen molar-refractivity contribution >= 4 is 34.1 Å². The van der Waals surface area contributed by atoms with Crippen LogP contribution in [0.25, 0.3) is 10.8 Å². The van der Waals surface area contributed by atoms with E-state index in [4.69, 9.17) is 0 Å². The van der Waals surface area contributed by atoms with Crippen molar-refractivity contribution in [2.45, 2.75) is 12.8 Å². The van der Waals surface area contributed by atoms with Gasteiger partial charge in [0.2, 0.25) is 5.91 Å². The molecule has 0 atom stereocenters. The fraction of sp³-hybridized carbons (Fsp3) is 0.176. The summed E-state index contributed by atoms with van der Waals surface area (Å²) < 4.78 is 0. The smallest absolute Gasteiger partial charge is 0.319 e. The minimum Gasteiger partial charge on any atom is -0.338 e. The monoisotopic (exact) mass is 338 g/mol. The second kappa shape index (κ2) is 7.91. The summed E-state index contributed by atoms with van der Waals surface area (Å²) in [7, 11) is 0. The summed E-state index contributed by atoms with van der Waals surface area (Å²) in [5, 5.41) is 16.5. The topological polar surface area (TPSA) is 112 Å². The number of carbonyl (C=O) groups excluding carboxylic acids is 2. The lowest BCUT2D eigenvalue weighted by Crippen LogP contribution is -2.30. The molecule has 25 heavy (non-hydrogen) atoms. The highest BCUT2D eigenvalue weighted by molar-refractivity contribution is 6.01. The molecule has 0 radical (unpaired) electrons. The Kier molecular flexibility index (Phi) is 5.20. The maximum absolute atomic E-state index is 12.0. The number of nitrogens with one attached hydrogen (secondary N) is 4. The van der Waals surface area contributed by atoms with E-state index in [1.807, 2.05) is 24.3 Å². The zero-order chi connectivity index (χ0) is 17.5. The number of carbonyl (C=O) groups is 2. The second-order valence-electron chi connectivity index (χ2n) is 5.42. The number of hydrogen-bond acceptors (Lipinski definition) is 4. The predicted octanol–water partition coefficient (Wildman–Crippen LogP) is 2.50. The van der Waals surface area contributed by atoms with Gasteiger partial charge in [-0.3, -0.25) is 14.9 Å². The van der Waals surface area contributed by atoms with Gasteiger partial charge in [0.05, 0.1) is 17.6 Å². The molecular weight excluding hydrogens is 320 g/mol. The van der Waals surface area contributed by atoms with Crippen LogP contribution in [0.3, 0.4) is 0 Å². The summed E-state index contributed by atoms with van der Waals surface area (Å²) in [5.74, 6) is -0.120. The first kappa shape index (κ1) is 16.4. The highest BCUT2D eigenvalue weighted by Gasteiger charge is 2.06. The molecule has 4 N–H and O–H groups in total. The number of anilines is 2. The van der Waals surface area contributed by atoms with Gasteiger partial charge in [-0.25, -0.2) is 4.79 Å². The first-order valence-corrected chi connectivity index (χ1v) is 7.88. The maximum Gasteiger partial charge on any atom is 0.319 e. The third-order valence-corrected chi connectivity index (χ3v) is 3.58. The highest BCUT2D eigenvalue weighted by Crippen LogP contribution is 2.21. The van der Waals surface area contributed by atoms with Gasteiger partial charge in [-0.2, -0.15) is 5.10 Å². The molecule has 0 spiro atoms. The summed E-state index contributed by atoms with van der Waals surface area (Å²) in [6.07, 6.45) is 7.41. The van der Waals surface area contributed by atoms with Gasteiger partial charge in [0.1, 0.15) is 0 Å². The summed E-state index contributed by atoms with van der Waals surface area (Å²) in [5.41, 5.74) is 1.34. The Hall–Kier alpha value is -3.42. The van der Waals surface area contributed by atoms with Crippen LogP contribution in [0.1, 0.15) is 12.8 Å². The lowest BCUT2D eigenvalue weighted by Gasteiger charge is -2.10. The summed E-state index contributed by atoms with van der Waals surface area (Å²) in [6, 6.07) is 7.18. The van der Waals surface area contributed by atoms with Crippen molar-refractivity contribution in [2.24, 2.45) is 0 Å². The lowest BCUT2D eigenvalue weighted by molar-refractivity contribution is -0.116.